The van der Waals surface area contributed by atoms with E-state index in [-0.39, 0.29) is 18.9 Å². The lowest BCUT2D eigenvalue weighted by molar-refractivity contribution is -0.191. The van der Waals surface area contributed by atoms with E-state index in [1.54, 1.807) is 0 Å². The van der Waals surface area contributed by atoms with Crippen molar-refractivity contribution in [3.8, 4) is 5.75 Å². The van der Waals surface area contributed by atoms with Gasteiger partial charge in [-0.2, -0.15) is 13.2 Å². The predicted molar refractivity (Wildman–Crippen MR) is 74.2 cm³/mol. The standard InChI is InChI=1S/C16H20F3NO/c1-20-13-10-15(21-14-5-3-2-4-12(13)14)8-6-11(7-9-15)16(17,18)19/h2-5,11,13,20H,6-10H2,1H3. The van der Waals surface area contributed by atoms with Crippen LogP contribution in [0, 0.1) is 5.92 Å². The second-order valence-electron chi connectivity index (χ2n) is 6.18. The molecular weight excluding hydrogens is 279 g/mol. The molecule has 0 bridgehead atoms. The number of fused-ring (bicyclic) bond motifs is 1. The van der Waals surface area contributed by atoms with Crippen LogP contribution < -0.4 is 10.1 Å². The summed E-state index contributed by atoms with van der Waals surface area (Å²) in [5.74, 6) is -0.356. The molecule has 1 N–H and O–H groups in total. The summed E-state index contributed by atoms with van der Waals surface area (Å²) in [7, 11) is 1.89. The Balaban J connectivity index is 1.79. The monoisotopic (exact) mass is 299 g/mol. The van der Waals surface area contributed by atoms with Gasteiger partial charge in [-0.1, -0.05) is 18.2 Å². The quantitative estimate of drug-likeness (QED) is 0.838. The Bertz CT molecular complexity index is 506. The Hall–Kier alpha value is -1.23. The van der Waals surface area contributed by atoms with Gasteiger partial charge in [0.15, 0.2) is 0 Å². The Morgan fingerprint density at radius 2 is 1.86 bits per heavy atom. The molecule has 1 aliphatic carbocycles. The first-order chi connectivity index (χ1) is 9.93. The summed E-state index contributed by atoms with van der Waals surface area (Å²) in [4.78, 5) is 0. The van der Waals surface area contributed by atoms with Crippen molar-refractivity contribution in [2.45, 2.75) is 49.9 Å². The number of alkyl halides is 3. The van der Waals surface area contributed by atoms with Crippen LogP contribution in [0.3, 0.4) is 0 Å². The van der Waals surface area contributed by atoms with Gasteiger partial charge in [0.05, 0.1) is 5.92 Å². The molecule has 1 unspecified atom stereocenters. The van der Waals surface area contributed by atoms with Crippen molar-refractivity contribution >= 4 is 0 Å². The van der Waals surface area contributed by atoms with E-state index in [1.807, 2.05) is 31.3 Å². The number of rotatable bonds is 1. The minimum atomic E-state index is -4.07. The molecule has 2 nitrogen and oxygen atoms in total. The number of hydrogen-bond donors (Lipinski definition) is 1. The smallest absolute Gasteiger partial charge is 0.391 e. The topological polar surface area (TPSA) is 21.3 Å². The van der Waals surface area contributed by atoms with Gasteiger partial charge in [-0.3, -0.25) is 0 Å². The summed E-state index contributed by atoms with van der Waals surface area (Å²) in [6, 6.07) is 7.95. The van der Waals surface area contributed by atoms with E-state index in [2.05, 4.69) is 5.32 Å². The fraction of sp³-hybridized carbons (Fsp3) is 0.625. The third-order valence-electron chi connectivity index (χ3n) is 4.91. The maximum Gasteiger partial charge on any atom is 0.391 e. The van der Waals surface area contributed by atoms with Gasteiger partial charge >= 0.3 is 6.18 Å². The molecule has 1 spiro atoms. The van der Waals surface area contributed by atoms with E-state index in [1.165, 1.54) is 0 Å². The van der Waals surface area contributed by atoms with Gasteiger partial charge in [0.2, 0.25) is 0 Å². The number of nitrogens with one attached hydrogen (secondary N) is 1. The molecule has 0 radical (unpaired) electrons. The highest BCUT2D eigenvalue weighted by molar-refractivity contribution is 5.39. The third-order valence-corrected chi connectivity index (χ3v) is 4.91. The second-order valence-corrected chi connectivity index (χ2v) is 6.18. The number of halogens is 3. The lowest BCUT2D eigenvalue weighted by Gasteiger charge is -2.46. The molecule has 2 aliphatic rings. The average molecular weight is 299 g/mol. The second kappa shape index (κ2) is 5.20. The van der Waals surface area contributed by atoms with Gasteiger partial charge in [0.25, 0.3) is 0 Å². The Kier molecular flexibility index (Phi) is 3.64. The minimum absolute atomic E-state index is 0.150. The molecule has 0 aromatic heterocycles. The van der Waals surface area contributed by atoms with Gasteiger partial charge < -0.3 is 10.1 Å². The van der Waals surface area contributed by atoms with E-state index >= 15 is 0 Å². The maximum atomic E-state index is 12.8. The van der Waals surface area contributed by atoms with Crippen molar-refractivity contribution in [3.05, 3.63) is 29.8 Å². The van der Waals surface area contributed by atoms with E-state index in [0.717, 1.165) is 17.7 Å². The molecule has 1 fully saturated rings. The minimum Gasteiger partial charge on any atom is -0.487 e. The first-order valence-corrected chi connectivity index (χ1v) is 7.45. The van der Waals surface area contributed by atoms with Gasteiger partial charge in [-0.15, -0.1) is 0 Å². The first kappa shape index (κ1) is 14.7. The van der Waals surface area contributed by atoms with Crippen LogP contribution in [0.4, 0.5) is 13.2 Å². The van der Waals surface area contributed by atoms with E-state index < -0.39 is 17.7 Å². The Morgan fingerprint density at radius 1 is 1.19 bits per heavy atom. The van der Waals surface area contributed by atoms with Crippen molar-refractivity contribution < 1.29 is 17.9 Å². The van der Waals surface area contributed by atoms with Crippen LogP contribution in [-0.4, -0.2) is 18.8 Å². The van der Waals surface area contributed by atoms with Crippen LogP contribution in [0.5, 0.6) is 5.75 Å². The number of benzene rings is 1. The molecule has 3 rings (SSSR count). The van der Waals surface area contributed by atoms with E-state index in [4.69, 9.17) is 4.74 Å². The summed E-state index contributed by atoms with van der Waals surface area (Å²) in [6.07, 6.45) is -2.04. The van der Waals surface area contributed by atoms with Crippen LogP contribution in [0.1, 0.15) is 43.7 Å². The van der Waals surface area contributed by atoms with E-state index in [9.17, 15) is 13.2 Å². The van der Waals surface area contributed by atoms with Crippen LogP contribution >= 0.6 is 0 Å². The van der Waals surface area contributed by atoms with Crippen molar-refractivity contribution in [1.82, 2.24) is 5.32 Å². The van der Waals surface area contributed by atoms with Crippen molar-refractivity contribution in [3.63, 3.8) is 0 Å². The number of hydrogen-bond acceptors (Lipinski definition) is 2. The zero-order chi connectivity index (χ0) is 15.1. The van der Waals surface area contributed by atoms with Crippen LogP contribution in [0.25, 0.3) is 0 Å². The molecule has 0 saturated heterocycles. The highest BCUT2D eigenvalue weighted by Crippen LogP contribution is 2.49. The normalized spacial score (nSPS) is 32.6. The van der Waals surface area contributed by atoms with Crippen molar-refractivity contribution in [1.29, 1.82) is 0 Å². The maximum absolute atomic E-state index is 12.8. The SMILES string of the molecule is CNC1CC2(CCC(C(F)(F)F)CC2)Oc2ccccc21. The first-order valence-electron chi connectivity index (χ1n) is 7.45. The molecule has 5 heteroatoms. The lowest BCUT2D eigenvalue weighted by Crippen LogP contribution is -2.47. The molecule has 1 saturated carbocycles. The van der Waals surface area contributed by atoms with Gasteiger partial charge in [-0.25, -0.2) is 0 Å². The van der Waals surface area contributed by atoms with Crippen LogP contribution in [0.2, 0.25) is 0 Å². The zero-order valence-electron chi connectivity index (χ0n) is 12.0. The average Bonchev–Trinajstić information content (AvgIpc) is 2.46. The molecular formula is C16H20F3NO. The highest BCUT2D eigenvalue weighted by atomic mass is 19.4. The number of ether oxygens (including phenoxy) is 1. The van der Waals surface area contributed by atoms with Gasteiger partial charge in [0, 0.05) is 18.0 Å². The fourth-order valence-corrected chi connectivity index (χ4v) is 3.65. The highest BCUT2D eigenvalue weighted by Gasteiger charge is 2.49. The molecule has 116 valence electrons. The molecule has 1 aromatic rings. The van der Waals surface area contributed by atoms with Gasteiger partial charge in [-0.05, 0) is 38.8 Å². The lowest BCUT2D eigenvalue weighted by atomic mass is 9.73. The van der Waals surface area contributed by atoms with Crippen molar-refractivity contribution in [2.75, 3.05) is 7.05 Å². The molecule has 0 amide bonds. The summed E-state index contributed by atoms with van der Waals surface area (Å²) in [6.45, 7) is 0. The van der Waals surface area contributed by atoms with Gasteiger partial charge in [0.1, 0.15) is 11.4 Å². The predicted octanol–water partition coefficient (Wildman–Crippen LogP) is 4.22. The fourth-order valence-electron chi connectivity index (χ4n) is 3.65. The molecule has 1 aromatic carbocycles. The zero-order valence-corrected chi connectivity index (χ0v) is 12.0. The van der Waals surface area contributed by atoms with E-state index in [0.29, 0.717) is 12.8 Å². The summed E-state index contributed by atoms with van der Waals surface area (Å²) in [5, 5.41) is 3.27. The Morgan fingerprint density at radius 3 is 2.48 bits per heavy atom. The molecule has 1 heterocycles. The summed E-state index contributed by atoms with van der Waals surface area (Å²) >= 11 is 0. The molecule has 1 aliphatic heterocycles. The largest absolute Gasteiger partial charge is 0.487 e. The number of para-hydroxylation sites is 1. The van der Waals surface area contributed by atoms with Crippen LogP contribution in [0.15, 0.2) is 24.3 Å². The molecule has 1 atom stereocenters. The summed E-state index contributed by atoms with van der Waals surface area (Å²) < 4.78 is 44.6. The molecule has 21 heavy (non-hydrogen) atoms. The Labute approximate surface area is 122 Å². The van der Waals surface area contributed by atoms with Crippen LogP contribution in [-0.2, 0) is 0 Å². The summed E-state index contributed by atoms with van der Waals surface area (Å²) in [5.41, 5.74) is 0.660. The van der Waals surface area contributed by atoms with Crippen molar-refractivity contribution in [2.24, 2.45) is 5.92 Å². The third kappa shape index (κ3) is 2.76.